The quantitative estimate of drug-likeness (QED) is 0.329. The Morgan fingerprint density at radius 2 is 1.97 bits per heavy atom. The maximum Gasteiger partial charge on any atom is 0.165 e. The van der Waals surface area contributed by atoms with Crippen molar-refractivity contribution in [2.45, 2.75) is 40.0 Å². The fourth-order valence-electron chi connectivity index (χ4n) is 4.75. The Hall–Kier alpha value is -4.09. The molecule has 4 aromatic rings. The lowest BCUT2D eigenvalue weighted by Crippen LogP contribution is -2.29. The number of aryl methyl sites for hydroxylation is 2. The number of aromatic nitrogens is 4. The molecule has 39 heavy (non-hydrogen) atoms. The number of nitrogens with one attached hydrogen (secondary N) is 1. The van der Waals surface area contributed by atoms with Gasteiger partial charge in [-0.15, -0.1) is 0 Å². The van der Waals surface area contributed by atoms with Gasteiger partial charge >= 0.3 is 0 Å². The Kier molecular flexibility index (Phi) is 7.45. The molecule has 0 spiro atoms. The van der Waals surface area contributed by atoms with Crippen molar-refractivity contribution in [3.63, 3.8) is 0 Å². The highest BCUT2D eigenvalue weighted by molar-refractivity contribution is 5.75. The van der Waals surface area contributed by atoms with Gasteiger partial charge in [-0.2, -0.15) is 0 Å². The normalized spacial score (nSPS) is 13.5. The van der Waals surface area contributed by atoms with Gasteiger partial charge in [0.05, 0.1) is 48.1 Å². The number of halogens is 1. The summed E-state index contributed by atoms with van der Waals surface area (Å²) in [5, 5.41) is 17.0. The molecule has 0 radical (unpaired) electrons. The van der Waals surface area contributed by atoms with E-state index in [1.54, 1.807) is 26.4 Å². The van der Waals surface area contributed by atoms with Crippen molar-refractivity contribution in [3.05, 3.63) is 64.6 Å². The molecule has 1 aliphatic heterocycles. The molecule has 3 aromatic heterocycles. The van der Waals surface area contributed by atoms with Crippen molar-refractivity contribution in [2.24, 2.45) is 0 Å². The van der Waals surface area contributed by atoms with Crippen LogP contribution in [-0.4, -0.2) is 58.6 Å². The Morgan fingerprint density at radius 1 is 1.15 bits per heavy atom. The molecule has 1 aliphatic rings. The van der Waals surface area contributed by atoms with Crippen molar-refractivity contribution >= 4 is 5.82 Å². The van der Waals surface area contributed by atoms with E-state index in [9.17, 15) is 5.11 Å². The van der Waals surface area contributed by atoms with Gasteiger partial charge in [0.2, 0.25) is 0 Å². The van der Waals surface area contributed by atoms with Gasteiger partial charge < -0.3 is 29.3 Å². The van der Waals surface area contributed by atoms with E-state index in [4.69, 9.17) is 24.0 Å². The Bertz CT molecular complexity index is 1490. The maximum absolute atomic E-state index is 15.3. The minimum absolute atomic E-state index is 0.0543. The van der Waals surface area contributed by atoms with E-state index in [1.807, 2.05) is 26.8 Å². The second-order valence-electron chi connectivity index (χ2n) is 9.54. The molecule has 4 heterocycles. The second kappa shape index (κ2) is 11.0. The smallest absolute Gasteiger partial charge is 0.165 e. The maximum atomic E-state index is 15.3. The van der Waals surface area contributed by atoms with Gasteiger partial charge in [-0.3, -0.25) is 4.98 Å². The third kappa shape index (κ3) is 5.27. The molecular formula is C28H31FN6O4. The van der Waals surface area contributed by atoms with Gasteiger partial charge in [-0.1, -0.05) is 5.16 Å². The summed E-state index contributed by atoms with van der Waals surface area (Å²) in [6, 6.07) is 6.36. The fraction of sp³-hybridized carbons (Fsp3) is 0.357. The van der Waals surface area contributed by atoms with Crippen molar-refractivity contribution in [1.29, 1.82) is 0 Å². The minimum Gasteiger partial charge on any atom is -0.495 e. The number of nitrogens with zero attached hydrogens (tertiary/aromatic N) is 5. The summed E-state index contributed by atoms with van der Waals surface area (Å²) in [5.41, 5.74) is 5.00. The van der Waals surface area contributed by atoms with Gasteiger partial charge in [0.1, 0.15) is 41.6 Å². The summed E-state index contributed by atoms with van der Waals surface area (Å²) in [6.07, 6.45) is 0.991. The number of hydrogen-bond acceptors (Lipinski definition) is 10. The SMILES string of the molecule is CNC[C@@H](O)COc1ccc(F)c(-c2nc(-c3c(C)noc3C)c(C)c(N3Cc4cc(OC)cnc4C3)n2)c1. The summed E-state index contributed by atoms with van der Waals surface area (Å²) >= 11 is 0. The molecule has 2 N–H and O–H groups in total. The summed E-state index contributed by atoms with van der Waals surface area (Å²) in [7, 11) is 3.36. The van der Waals surface area contributed by atoms with E-state index in [0.29, 0.717) is 54.1 Å². The van der Waals surface area contributed by atoms with Gasteiger partial charge in [0, 0.05) is 18.7 Å². The number of aliphatic hydroxyl groups excluding tert-OH is 1. The standard InChI is InChI=1S/C28H31FN6O4/c1-15-26(25-16(2)34-39-17(25)3)32-27(22-9-20(6-7-23(22)29)38-14-19(36)10-30-4)33-28(15)35-12-18-8-21(37-5)11-31-24(18)13-35/h6-9,11,19,30,36H,10,12-14H2,1-5H3/t19-/m1/s1. The average Bonchev–Trinajstić information content (AvgIpc) is 3.50. The first-order valence-electron chi connectivity index (χ1n) is 12.6. The van der Waals surface area contributed by atoms with Crippen LogP contribution in [0.3, 0.4) is 0 Å². The van der Waals surface area contributed by atoms with Gasteiger partial charge in [0.25, 0.3) is 0 Å². The van der Waals surface area contributed by atoms with Gasteiger partial charge in [-0.25, -0.2) is 14.4 Å². The summed E-state index contributed by atoms with van der Waals surface area (Å²) in [6.45, 7) is 7.14. The van der Waals surface area contributed by atoms with Crippen LogP contribution in [0.15, 0.2) is 35.0 Å². The zero-order chi connectivity index (χ0) is 27.7. The van der Waals surface area contributed by atoms with Crippen LogP contribution in [0.25, 0.3) is 22.6 Å². The van der Waals surface area contributed by atoms with E-state index in [0.717, 1.165) is 22.4 Å². The average molecular weight is 535 g/mol. The Morgan fingerprint density at radius 3 is 2.69 bits per heavy atom. The lowest BCUT2D eigenvalue weighted by Gasteiger charge is -2.21. The topological polar surface area (TPSA) is 119 Å². The van der Waals surface area contributed by atoms with E-state index < -0.39 is 11.9 Å². The van der Waals surface area contributed by atoms with Crippen LogP contribution in [0.5, 0.6) is 11.5 Å². The van der Waals surface area contributed by atoms with E-state index in [1.165, 1.54) is 12.1 Å². The Balaban J connectivity index is 1.59. The highest BCUT2D eigenvalue weighted by Gasteiger charge is 2.28. The number of anilines is 1. The van der Waals surface area contributed by atoms with Crippen molar-refractivity contribution < 1.29 is 23.5 Å². The molecule has 1 aromatic carbocycles. The molecular weight excluding hydrogens is 503 g/mol. The lowest BCUT2D eigenvalue weighted by atomic mass is 10.0. The number of likely N-dealkylation sites (N-methyl/N-ethyl adjacent to an activating group) is 1. The van der Waals surface area contributed by atoms with Crippen LogP contribution in [0, 0.1) is 26.6 Å². The van der Waals surface area contributed by atoms with Crippen LogP contribution in [-0.2, 0) is 13.1 Å². The Labute approximate surface area is 225 Å². The molecule has 0 aliphatic carbocycles. The predicted molar refractivity (Wildman–Crippen MR) is 143 cm³/mol. The molecule has 0 unspecified atom stereocenters. The van der Waals surface area contributed by atoms with Crippen molar-refractivity contribution in [1.82, 2.24) is 25.4 Å². The van der Waals surface area contributed by atoms with Crippen LogP contribution >= 0.6 is 0 Å². The summed E-state index contributed by atoms with van der Waals surface area (Å²) in [5.74, 6) is 2.06. The molecule has 10 nitrogen and oxygen atoms in total. The van der Waals surface area contributed by atoms with E-state index in [2.05, 4.69) is 20.4 Å². The largest absolute Gasteiger partial charge is 0.495 e. The van der Waals surface area contributed by atoms with Gasteiger partial charge in [-0.05, 0) is 57.6 Å². The zero-order valence-corrected chi connectivity index (χ0v) is 22.6. The van der Waals surface area contributed by atoms with Crippen LogP contribution < -0.4 is 19.7 Å². The van der Waals surface area contributed by atoms with Crippen molar-refractivity contribution in [3.8, 4) is 34.1 Å². The van der Waals surface area contributed by atoms with Crippen LogP contribution in [0.4, 0.5) is 10.2 Å². The molecule has 1 atom stereocenters. The molecule has 0 amide bonds. The number of hydrogen-bond donors (Lipinski definition) is 2. The highest BCUT2D eigenvalue weighted by atomic mass is 19.1. The zero-order valence-electron chi connectivity index (χ0n) is 22.6. The summed E-state index contributed by atoms with van der Waals surface area (Å²) in [4.78, 5) is 16.3. The van der Waals surface area contributed by atoms with Gasteiger partial charge in [0.15, 0.2) is 5.82 Å². The fourth-order valence-corrected chi connectivity index (χ4v) is 4.75. The lowest BCUT2D eigenvalue weighted by molar-refractivity contribution is 0.108. The molecule has 0 bridgehead atoms. The number of rotatable bonds is 9. The number of benzene rings is 1. The third-order valence-corrected chi connectivity index (χ3v) is 6.72. The first-order chi connectivity index (χ1) is 18.8. The number of ether oxygens (including phenoxy) is 2. The van der Waals surface area contributed by atoms with Crippen LogP contribution in [0.2, 0.25) is 0 Å². The second-order valence-corrected chi connectivity index (χ2v) is 9.54. The number of pyridine rings is 1. The summed E-state index contributed by atoms with van der Waals surface area (Å²) < 4.78 is 31.8. The number of methoxy groups -OCH3 is 1. The molecule has 0 fully saturated rings. The molecule has 5 rings (SSSR count). The van der Waals surface area contributed by atoms with Crippen molar-refractivity contribution in [2.75, 3.05) is 32.2 Å². The minimum atomic E-state index is -0.707. The molecule has 11 heteroatoms. The first kappa shape index (κ1) is 26.5. The first-order valence-corrected chi connectivity index (χ1v) is 12.6. The van der Waals surface area contributed by atoms with E-state index >= 15 is 4.39 Å². The van der Waals surface area contributed by atoms with E-state index in [-0.39, 0.29) is 18.0 Å². The molecule has 204 valence electrons. The number of aliphatic hydroxyl groups is 1. The third-order valence-electron chi connectivity index (χ3n) is 6.72. The molecule has 0 saturated carbocycles. The van der Waals surface area contributed by atoms with Crippen LogP contribution in [0.1, 0.15) is 28.3 Å². The predicted octanol–water partition coefficient (Wildman–Crippen LogP) is 3.75. The number of fused-ring (bicyclic) bond motifs is 1. The highest BCUT2D eigenvalue weighted by Crippen LogP contribution is 2.38. The molecule has 0 saturated heterocycles. The monoisotopic (exact) mass is 534 g/mol.